The highest BCUT2D eigenvalue weighted by Crippen LogP contribution is 2.39. The van der Waals surface area contributed by atoms with Gasteiger partial charge in [0.05, 0.1) is 5.75 Å². The number of cyclic esters (lactones) is 1. The van der Waals surface area contributed by atoms with Gasteiger partial charge in [-0.3, -0.25) is 9.69 Å². The van der Waals surface area contributed by atoms with Crippen LogP contribution in [0.1, 0.15) is 0 Å². The number of ether oxygens (including phenoxy) is 2. The third-order valence-electron chi connectivity index (χ3n) is 3.33. The van der Waals surface area contributed by atoms with Crippen LogP contribution in [0.3, 0.4) is 0 Å². The number of fused-ring (bicyclic) bond motifs is 1. The summed E-state index contributed by atoms with van der Waals surface area (Å²) in [6.45, 7) is 0.189. The number of thioether (sulfide) groups is 1. The molecule has 2 atom stereocenters. The minimum absolute atomic E-state index is 0.0527. The van der Waals surface area contributed by atoms with Crippen LogP contribution in [0.5, 0.6) is 0 Å². The first kappa shape index (κ1) is 14.0. The molecule has 9 heteroatoms. The Morgan fingerprint density at radius 1 is 1.57 bits per heavy atom. The van der Waals surface area contributed by atoms with Gasteiger partial charge in [0, 0.05) is 11.6 Å². The summed E-state index contributed by atoms with van der Waals surface area (Å²) in [6, 6.07) is -0.672. The number of β-lactam (4-membered cyclic amide) rings is 1. The van der Waals surface area contributed by atoms with Crippen molar-refractivity contribution in [1.82, 2.24) is 4.90 Å². The van der Waals surface area contributed by atoms with Crippen molar-refractivity contribution in [2.75, 3.05) is 19.0 Å². The van der Waals surface area contributed by atoms with Gasteiger partial charge in [-0.2, -0.15) is 0 Å². The predicted octanol–water partition coefficient (Wildman–Crippen LogP) is -0.975. The number of hydrogen-bond acceptors (Lipinski definition) is 7. The van der Waals surface area contributed by atoms with Crippen LogP contribution in [0.2, 0.25) is 0 Å². The Morgan fingerprint density at radius 2 is 2.33 bits per heavy atom. The van der Waals surface area contributed by atoms with E-state index in [9.17, 15) is 19.5 Å². The van der Waals surface area contributed by atoms with E-state index < -0.39 is 23.9 Å². The smallest absolute Gasteiger partial charge is 0.356 e. The van der Waals surface area contributed by atoms with Crippen molar-refractivity contribution >= 4 is 29.6 Å². The number of hydrogen-bond donors (Lipinski definition) is 2. The van der Waals surface area contributed by atoms with Crippen molar-refractivity contribution in [2.45, 2.75) is 11.4 Å². The van der Waals surface area contributed by atoms with Crippen LogP contribution in [0, 0.1) is 0 Å². The summed E-state index contributed by atoms with van der Waals surface area (Å²) in [4.78, 5) is 35.2. The second-order valence-corrected chi connectivity index (χ2v) is 5.82. The third-order valence-corrected chi connectivity index (χ3v) is 4.61. The maximum atomic E-state index is 11.7. The van der Waals surface area contributed by atoms with E-state index in [4.69, 9.17) is 15.2 Å². The molecule has 1 amide bonds. The Bertz CT molecular complexity index is 599. The predicted molar refractivity (Wildman–Crippen MR) is 70.7 cm³/mol. The van der Waals surface area contributed by atoms with Gasteiger partial charge in [-0.15, -0.1) is 11.8 Å². The lowest BCUT2D eigenvalue weighted by molar-refractivity contribution is -0.148. The Hall–Kier alpha value is -2.00. The quantitative estimate of drug-likeness (QED) is 0.502. The molecule has 0 aromatic rings. The Balaban J connectivity index is 1.78. The molecule has 21 heavy (non-hydrogen) atoms. The van der Waals surface area contributed by atoms with Gasteiger partial charge in [-0.05, 0) is 0 Å². The molecule has 112 valence electrons. The van der Waals surface area contributed by atoms with Crippen molar-refractivity contribution in [3.63, 3.8) is 0 Å². The van der Waals surface area contributed by atoms with E-state index in [1.165, 1.54) is 17.8 Å². The highest BCUT2D eigenvalue weighted by atomic mass is 32.2. The second kappa shape index (κ2) is 5.08. The first-order valence-corrected chi connectivity index (χ1v) is 7.19. The molecule has 0 aromatic carbocycles. The SMILES string of the molecule is N[C@@H]1C(=O)N2C(C(=O)O)=C(OCC3=CC(=O)OC3)CS[C@@H]12. The monoisotopic (exact) mass is 312 g/mol. The summed E-state index contributed by atoms with van der Waals surface area (Å²) < 4.78 is 10.2. The zero-order valence-corrected chi connectivity index (χ0v) is 11.6. The molecule has 3 aliphatic rings. The molecule has 0 saturated carbocycles. The van der Waals surface area contributed by atoms with Gasteiger partial charge in [-0.25, -0.2) is 9.59 Å². The second-order valence-electron chi connectivity index (χ2n) is 4.71. The lowest BCUT2D eigenvalue weighted by atomic mass is 10.1. The van der Waals surface area contributed by atoms with Gasteiger partial charge in [0.2, 0.25) is 5.91 Å². The van der Waals surface area contributed by atoms with E-state index in [-0.39, 0.29) is 30.0 Å². The van der Waals surface area contributed by atoms with Gasteiger partial charge in [-0.1, -0.05) is 0 Å². The number of amides is 1. The van der Waals surface area contributed by atoms with Crippen LogP contribution in [0.4, 0.5) is 0 Å². The molecular formula is C12H12N2O6S. The topological polar surface area (TPSA) is 119 Å². The number of esters is 1. The van der Waals surface area contributed by atoms with Gasteiger partial charge in [0.25, 0.3) is 0 Å². The molecule has 1 saturated heterocycles. The minimum atomic E-state index is -1.23. The third kappa shape index (κ3) is 2.28. The molecule has 8 nitrogen and oxygen atoms in total. The molecule has 0 unspecified atom stereocenters. The number of carboxylic acid groups (broad SMARTS) is 1. The zero-order chi connectivity index (χ0) is 15.1. The highest BCUT2D eigenvalue weighted by molar-refractivity contribution is 8.00. The highest BCUT2D eigenvalue weighted by Gasteiger charge is 2.52. The molecule has 3 rings (SSSR count). The van der Waals surface area contributed by atoms with Crippen molar-refractivity contribution in [2.24, 2.45) is 5.73 Å². The van der Waals surface area contributed by atoms with Gasteiger partial charge in [0.15, 0.2) is 5.70 Å². The van der Waals surface area contributed by atoms with Crippen molar-refractivity contribution < 1.29 is 29.0 Å². The van der Waals surface area contributed by atoms with Gasteiger partial charge in [0.1, 0.15) is 30.4 Å². The van der Waals surface area contributed by atoms with E-state index in [2.05, 4.69) is 0 Å². The minimum Gasteiger partial charge on any atom is -0.490 e. The molecule has 0 bridgehead atoms. The molecule has 3 N–H and O–H groups in total. The van der Waals surface area contributed by atoms with Crippen LogP contribution >= 0.6 is 11.8 Å². The van der Waals surface area contributed by atoms with Crippen LogP contribution in [0.15, 0.2) is 23.1 Å². The van der Waals surface area contributed by atoms with Crippen LogP contribution in [-0.2, 0) is 23.9 Å². The number of carbonyl (C=O) groups excluding carboxylic acids is 2. The van der Waals surface area contributed by atoms with Crippen LogP contribution in [-0.4, -0.2) is 58.2 Å². The van der Waals surface area contributed by atoms with E-state index in [1.54, 1.807) is 0 Å². The maximum absolute atomic E-state index is 11.7. The Labute approximate surface area is 123 Å². The fourth-order valence-corrected chi connectivity index (χ4v) is 3.50. The molecule has 0 aromatic heterocycles. The maximum Gasteiger partial charge on any atom is 0.356 e. The van der Waals surface area contributed by atoms with Gasteiger partial charge < -0.3 is 20.3 Å². The van der Waals surface area contributed by atoms with E-state index >= 15 is 0 Å². The summed E-state index contributed by atoms with van der Waals surface area (Å²) in [6.07, 6.45) is 1.31. The normalized spacial score (nSPS) is 27.9. The summed E-state index contributed by atoms with van der Waals surface area (Å²) in [5.41, 5.74) is 6.09. The fraction of sp³-hybridized carbons (Fsp3) is 0.417. The number of aliphatic carboxylic acids is 1. The average molecular weight is 312 g/mol. The van der Waals surface area contributed by atoms with Crippen molar-refractivity contribution in [1.29, 1.82) is 0 Å². The molecule has 0 radical (unpaired) electrons. The fourth-order valence-electron chi connectivity index (χ4n) is 2.28. The molecule has 1 fully saturated rings. The van der Waals surface area contributed by atoms with E-state index in [0.717, 1.165) is 4.90 Å². The summed E-state index contributed by atoms with van der Waals surface area (Å²) >= 11 is 1.35. The Morgan fingerprint density at radius 3 is 2.95 bits per heavy atom. The molecule has 0 spiro atoms. The number of rotatable bonds is 4. The number of nitrogens with two attached hydrogens (primary N) is 1. The van der Waals surface area contributed by atoms with Crippen molar-refractivity contribution in [3.05, 3.63) is 23.1 Å². The Kier molecular flexibility index (Phi) is 3.38. The van der Waals surface area contributed by atoms with Crippen LogP contribution in [0.25, 0.3) is 0 Å². The average Bonchev–Trinajstić information content (AvgIpc) is 2.88. The largest absolute Gasteiger partial charge is 0.490 e. The molecule has 3 aliphatic heterocycles. The van der Waals surface area contributed by atoms with Crippen molar-refractivity contribution in [3.8, 4) is 0 Å². The number of carboxylic acids is 1. The van der Waals surface area contributed by atoms with E-state index in [0.29, 0.717) is 11.3 Å². The first-order chi connectivity index (χ1) is 9.99. The van der Waals surface area contributed by atoms with E-state index in [1.807, 2.05) is 0 Å². The molecule has 3 heterocycles. The van der Waals surface area contributed by atoms with Crippen LogP contribution < -0.4 is 5.73 Å². The lowest BCUT2D eigenvalue weighted by Crippen LogP contribution is -2.68. The number of nitrogens with zero attached hydrogens (tertiary/aromatic N) is 1. The first-order valence-electron chi connectivity index (χ1n) is 6.14. The molecule has 0 aliphatic carbocycles. The molecular weight excluding hydrogens is 300 g/mol. The summed E-state index contributed by atoms with van der Waals surface area (Å²) in [5, 5.41) is 8.94. The zero-order valence-electron chi connectivity index (χ0n) is 10.8. The standard InChI is InChI=1S/C12H12N2O6S/c13-8-10(16)14-9(12(17)18)6(4-21-11(8)14)19-2-5-1-7(15)20-3-5/h1,8,11H,2-4,13H2,(H,17,18)/t8-,11+/m1/s1. The lowest BCUT2D eigenvalue weighted by Gasteiger charge is -2.47. The summed E-state index contributed by atoms with van der Waals surface area (Å²) in [5.74, 6) is -1.59. The number of carbonyl (C=O) groups is 3. The summed E-state index contributed by atoms with van der Waals surface area (Å²) in [7, 11) is 0. The van der Waals surface area contributed by atoms with Gasteiger partial charge >= 0.3 is 11.9 Å².